The highest BCUT2D eigenvalue weighted by molar-refractivity contribution is 5.86. The molecule has 2 heterocycles. The first-order valence-electron chi connectivity index (χ1n) is 7.35. The zero-order valence-corrected chi connectivity index (χ0v) is 11.5. The maximum absolute atomic E-state index is 12.7. The monoisotopic (exact) mass is 254 g/mol. The summed E-state index contributed by atoms with van der Waals surface area (Å²) < 4.78 is 5.33. The van der Waals surface area contributed by atoms with Crippen molar-refractivity contribution in [1.82, 2.24) is 4.90 Å². The van der Waals surface area contributed by atoms with Gasteiger partial charge in [-0.05, 0) is 38.5 Å². The van der Waals surface area contributed by atoms with Crippen molar-refractivity contribution in [2.24, 2.45) is 5.73 Å². The van der Waals surface area contributed by atoms with Crippen molar-refractivity contribution in [3.8, 4) is 0 Å². The van der Waals surface area contributed by atoms with E-state index in [0.29, 0.717) is 32.1 Å². The first-order valence-corrected chi connectivity index (χ1v) is 7.35. The Balaban J connectivity index is 2.05. The fourth-order valence-electron chi connectivity index (χ4n) is 3.14. The highest BCUT2D eigenvalue weighted by Crippen LogP contribution is 2.27. The molecule has 2 aliphatic heterocycles. The molecule has 0 bridgehead atoms. The van der Waals surface area contributed by atoms with E-state index in [-0.39, 0.29) is 5.91 Å². The Bertz CT molecular complexity index is 286. The standard InChI is InChI=1S/C14H26N2O2/c1-2-5-12-6-3-4-9-16(12)13(17)14(15)7-10-18-11-8-14/h12H,2-11,15H2,1H3. The predicted molar refractivity (Wildman–Crippen MR) is 71.2 cm³/mol. The van der Waals surface area contributed by atoms with Gasteiger partial charge in [0, 0.05) is 25.8 Å². The van der Waals surface area contributed by atoms with Crippen molar-refractivity contribution in [2.45, 2.75) is 63.5 Å². The van der Waals surface area contributed by atoms with Gasteiger partial charge in [0.2, 0.25) is 5.91 Å². The van der Waals surface area contributed by atoms with Crippen molar-refractivity contribution in [3.63, 3.8) is 0 Å². The lowest BCUT2D eigenvalue weighted by atomic mass is 9.87. The molecule has 0 aliphatic carbocycles. The average Bonchev–Trinajstić information content (AvgIpc) is 2.40. The number of ether oxygens (including phenoxy) is 1. The minimum absolute atomic E-state index is 0.170. The van der Waals surface area contributed by atoms with Crippen LogP contribution in [0.4, 0.5) is 0 Å². The Kier molecular flexibility index (Phi) is 4.62. The number of piperidine rings is 1. The molecule has 0 aromatic heterocycles. The number of carbonyl (C=O) groups excluding carboxylic acids is 1. The topological polar surface area (TPSA) is 55.6 Å². The molecule has 2 saturated heterocycles. The molecule has 0 spiro atoms. The largest absolute Gasteiger partial charge is 0.381 e. The Labute approximate surface area is 110 Å². The van der Waals surface area contributed by atoms with Gasteiger partial charge in [0.05, 0.1) is 5.54 Å². The number of carbonyl (C=O) groups is 1. The molecular weight excluding hydrogens is 228 g/mol. The van der Waals surface area contributed by atoms with Gasteiger partial charge in [0.15, 0.2) is 0 Å². The minimum Gasteiger partial charge on any atom is -0.381 e. The lowest BCUT2D eigenvalue weighted by molar-refractivity contribution is -0.144. The summed E-state index contributed by atoms with van der Waals surface area (Å²) in [6.45, 7) is 4.32. The summed E-state index contributed by atoms with van der Waals surface area (Å²) in [4.78, 5) is 14.8. The Morgan fingerprint density at radius 3 is 2.78 bits per heavy atom. The fraction of sp³-hybridized carbons (Fsp3) is 0.929. The zero-order valence-electron chi connectivity index (χ0n) is 11.5. The van der Waals surface area contributed by atoms with E-state index in [1.165, 1.54) is 6.42 Å². The van der Waals surface area contributed by atoms with Gasteiger partial charge in [0.25, 0.3) is 0 Å². The predicted octanol–water partition coefficient (Wildman–Crippen LogP) is 1.68. The highest BCUT2D eigenvalue weighted by atomic mass is 16.5. The van der Waals surface area contributed by atoms with E-state index in [1.807, 2.05) is 0 Å². The second kappa shape index (κ2) is 6.02. The molecule has 1 unspecified atom stereocenters. The number of nitrogens with two attached hydrogens (primary N) is 1. The summed E-state index contributed by atoms with van der Waals surface area (Å²) in [5, 5.41) is 0. The fourth-order valence-corrected chi connectivity index (χ4v) is 3.14. The maximum Gasteiger partial charge on any atom is 0.243 e. The maximum atomic E-state index is 12.7. The summed E-state index contributed by atoms with van der Waals surface area (Å²) in [5.74, 6) is 0.170. The van der Waals surface area contributed by atoms with Crippen LogP contribution in [0.1, 0.15) is 51.9 Å². The summed E-state index contributed by atoms with van der Waals surface area (Å²) in [7, 11) is 0. The summed E-state index contributed by atoms with van der Waals surface area (Å²) >= 11 is 0. The van der Waals surface area contributed by atoms with E-state index in [4.69, 9.17) is 10.5 Å². The molecule has 0 aromatic carbocycles. The van der Waals surface area contributed by atoms with Gasteiger partial charge in [-0.25, -0.2) is 0 Å². The molecule has 18 heavy (non-hydrogen) atoms. The molecule has 0 aromatic rings. The molecular formula is C14H26N2O2. The van der Waals surface area contributed by atoms with E-state index < -0.39 is 5.54 Å². The first kappa shape index (κ1) is 13.8. The normalized spacial score (nSPS) is 28.1. The second-order valence-corrected chi connectivity index (χ2v) is 5.71. The van der Waals surface area contributed by atoms with Crippen LogP contribution in [-0.4, -0.2) is 42.1 Å². The molecule has 2 aliphatic rings. The zero-order chi connectivity index (χ0) is 13.0. The Hall–Kier alpha value is -0.610. The van der Waals surface area contributed by atoms with Crippen LogP contribution in [0, 0.1) is 0 Å². The second-order valence-electron chi connectivity index (χ2n) is 5.71. The number of nitrogens with zero attached hydrogens (tertiary/aromatic N) is 1. The summed E-state index contributed by atoms with van der Waals surface area (Å²) in [6, 6.07) is 0.416. The van der Waals surface area contributed by atoms with E-state index in [9.17, 15) is 4.79 Å². The molecule has 0 saturated carbocycles. The van der Waals surface area contributed by atoms with Crippen LogP contribution in [0.2, 0.25) is 0 Å². The van der Waals surface area contributed by atoms with Crippen molar-refractivity contribution in [3.05, 3.63) is 0 Å². The van der Waals surface area contributed by atoms with E-state index in [2.05, 4.69) is 11.8 Å². The van der Waals surface area contributed by atoms with E-state index in [0.717, 1.165) is 32.2 Å². The molecule has 1 amide bonds. The summed E-state index contributed by atoms with van der Waals surface area (Å²) in [6.07, 6.45) is 7.09. The molecule has 1 atom stereocenters. The van der Waals surface area contributed by atoms with Crippen LogP contribution >= 0.6 is 0 Å². The molecule has 104 valence electrons. The molecule has 2 fully saturated rings. The molecule has 0 radical (unpaired) electrons. The number of hydrogen-bond acceptors (Lipinski definition) is 3. The van der Waals surface area contributed by atoms with Crippen molar-refractivity contribution in [1.29, 1.82) is 0 Å². The van der Waals surface area contributed by atoms with Crippen LogP contribution in [0.15, 0.2) is 0 Å². The SMILES string of the molecule is CCCC1CCCCN1C(=O)C1(N)CCOCC1. The van der Waals surface area contributed by atoms with Gasteiger partial charge in [-0.2, -0.15) is 0 Å². The van der Waals surface area contributed by atoms with Gasteiger partial charge in [-0.3, -0.25) is 4.79 Å². The first-order chi connectivity index (χ1) is 8.67. The lowest BCUT2D eigenvalue weighted by Crippen LogP contribution is -2.60. The quantitative estimate of drug-likeness (QED) is 0.833. The van der Waals surface area contributed by atoms with Crippen LogP contribution in [0.25, 0.3) is 0 Å². The number of amides is 1. The third kappa shape index (κ3) is 2.86. The van der Waals surface area contributed by atoms with Crippen LogP contribution in [0.5, 0.6) is 0 Å². The lowest BCUT2D eigenvalue weighted by Gasteiger charge is -2.42. The van der Waals surface area contributed by atoms with Gasteiger partial charge < -0.3 is 15.4 Å². The number of rotatable bonds is 3. The van der Waals surface area contributed by atoms with Crippen LogP contribution in [-0.2, 0) is 9.53 Å². The Morgan fingerprint density at radius 2 is 2.11 bits per heavy atom. The van der Waals surface area contributed by atoms with Gasteiger partial charge in [-0.1, -0.05) is 13.3 Å². The summed E-state index contributed by atoms with van der Waals surface area (Å²) in [5.41, 5.74) is 5.66. The molecule has 2 N–H and O–H groups in total. The number of likely N-dealkylation sites (tertiary alicyclic amines) is 1. The molecule has 4 heteroatoms. The van der Waals surface area contributed by atoms with Crippen molar-refractivity contribution in [2.75, 3.05) is 19.8 Å². The molecule has 4 nitrogen and oxygen atoms in total. The van der Waals surface area contributed by atoms with Crippen molar-refractivity contribution < 1.29 is 9.53 Å². The van der Waals surface area contributed by atoms with E-state index >= 15 is 0 Å². The number of hydrogen-bond donors (Lipinski definition) is 1. The van der Waals surface area contributed by atoms with Crippen LogP contribution in [0.3, 0.4) is 0 Å². The van der Waals surface area contributed by atoms with Gasteiger partial charge >= 0.3 is 0 Å². The van der Waals surface area contributed by atoms with Crippen LogP contribution < -0.4 is 5.73 Å². The third-order valence-electron chi connectivity index (χ3n) is 4.32. The van der Waals surface area contributed by atoms with Gasteiger partial charge in [0.1, 0.15) is 0 Å². The van der Waals surface area contributed by atoms with E-state index in [1.54, 1.807) is 0 Å². The highest BCUT2D eigenvalue weighted by Gasteiger charge is 2.41. The third-order valence-corrected chi connectivity index (χ3v) is 4.32. The van der Waals surface area contributed by atoms with Crippen molar-refractivity contribution >= 4 is 5.91 Å². The average molecular weight is 254 g/mol. The Morgan fingerprint density at radius 1 is 1.39 bits per heavy atom. The molecule has 2 rings (SSSR count). The van der Waals surface area contributed by atoms with Gasteiger partial charge in [-0.15, -0.1) is 0 Å². The minimum atomic E-state index is -0.665. The smallest absolute Gasteiger partial charge is 0.243 e.